The molecule has 1 fully saturated rings. The summed E-state index contributed by atoms with van der Waals surface area (Å²) in [6, 6.07) is 21.3. The van der Waals surface area contributed by atoms with Gasteiger partial charge in [-0.05, 0) is 48.5 Å². The van der Waals surface area contributed by atoms with Crippen molar-refractivity contribution >= 4 is 42.4 Å². The molecule has 1 aromatic heterocycles. The Kier molecular flexibility index (Phi) is 7.52. The Morgan fingerprint density at radius 2 is 1.78 bits per heavy atom. The Hall–Kier alpha value is -3.31. The first-order valence-electron chi connectivity index (χ1n) is 11.9. The minimum Gasteiger partial charge on any atom is -0.457 e. The Morgan fingerprint density at radius 3 is 2.54 bits per heavy atom. The molecule has 4 aromatic rings. The van der Waals surface area contributed by atoms with Gasteiger partial charge in [0.25, 0.3) is 5.91 Å². The summed E-state index contributed by atoms with van der Waals surface area (Å²) in [5.74, 6) is 1.05. The van der Waals surface area contributed by atoms with E-state index in [4.69, 9.17) is 14.5 Å². The van der Waals surface area contributed by atoms with E-state index < -0.39 is 9.84 Å². The molecule has 0 spiro atoms. The molecular formula is C27H27N3O5S2. The van der Waals surface area contributed by atoms with Crippen LogP contribution >= 0.6 is 11.3 Å². The minimum absolute atomic E-state index is 0.200. The Morgan fingerprint density at radius 1 is 1.03 bits per heavy atom. The summed E-state index contributed by atoms with van der Waals surface area (Å²) in [5.41, 5.74) is 1.13. The highest BCUT2D eigenvalue weighted by molar-refractivity contribution is 7.90. The zero-order chi connectivity index (χ0) is 25.8. The maximum absolute atomic E-state index is 13.8. The van der Waals surface area contributed by atoms with Crippen LogP contribution in [0.25, 0.3) is 10.2 Å². The van der Waals surface area contributed by atoms with Crippen LogP contribution in [0.3, 0.4) is 0 Å². The first-order chi connectivity index (χ1) is 17.9. The summed E-state index contributed by atoms with van der Waals surface area (Å²) in [7, 11) is -3.35. The molecule has 10 heteroatoms. The van der Waals surface area contributed by atoms with Crippen molar-refractivity contribution < 1.29 is 22.7 Å². The second kappa shape index (κ2) is 11.0. The van der Waals surface area contributed by atoms with Crippen molar-refractivity contribution in [3.63, 3.8) is 0 Å². The van der Waals surface area contributed by atoms with Crippen molar-refractivity contribution in [1.29, 1.82) is 0 Å². The number of rotatable bonds is 8. The average Bonchev–Trinajstić information content (AvgIpc) is 3.33. The van der Waals surface area contributed by atoms with Gasteiger partial charge in [0, 0.05) is 38.0 Å². The number of para-hydroxylation sites is 1. The fourth-order valence-corrected chi connectivity index (χ4v) is 5.81. The van der Waals surface area contributed by atoms with E-state index in [2.05, 4.69) is 4.90 Å². The molecule has 8 nitrogen and oxygen atoms in total. The van der Waals surface area contributed by atoms with Gasteiger partial charge in [0.1, 0.15) is 11.5 Å². The van der Waals surface area contributed by atoms with Crippen LogP contribution in [0.4, 0.5) is 5.13 Å². The molecule has 1 aliphatic heterocycles. The van der Waals surface area contributed by atoms with Crippen LogP contribution in [0.15, 0.2) is 77.7 Å². The maximum atomic E-state index is 13.8. The lowest BCUT2D eigenvalue weighted by Gasteiger charge is -2.29. The molecule has 5 rings (SSSR count). The monoisotopic (exact) mass is 537 g/mol. The summed E-state index contributed by atoms with van der Waals surface area (Å²) >= 11 is 1.31. The normalized spacial score (nSPS) is 14.5. The molecule has 1 amide bonds. The molecule has 0 bridgehead atoms. The zero-order valence-corrected chi connectivity index (χ0v) is 22.0. The molecule has 1 saturated heterocycles. The lowest BCUT2D eigenvalue weighted by Crippen LogP contribution is -2.43. The SMILES string of the molecule is CS(=O)(=O)c1ccc2nc(N(CCN3CCOCC3)C(=O)c3cccc(Oc4ccccc4)c3)sc2c1. The number of ether oxygens (including phenoxy) is 2. The third-order valence-electron chi connectivity index (χ3n) is 6.06. The van der Waals surface area contributed by atoms with Crippen molar-refractivity contribution in [3.05, 3.63) is 78.4 Å². The molecule has 3 aromatic carbocycles. The predicted molar refractivity (Wildman–Crippen MR) is 145 cm³/mol. The molecular weight excluding hydrogens is 510 g/mol. The van der Waals surface area contributed by atoms with E-state index in [-0.39, 0.29) is 10.8 Å². The van der Waals surface area contributed by atoms with Crippen molar-refractivity contribution in [2.24, 2.45) is 0 Å². The van der Waals surface area contributed by atoms with Crippen molar-refractivity contribution in [2.45, 2.75) is 4.90 Å². The zero-order valence-electron chi connectivity index (χ0n) is 20.4. The smallest absolute Gasteiger partial charge is 0.260 e. The van der Waals surface area contributed by atoms with Gasteiger partial charge in [0.2, 0.25) is 0 Å². The van der Waals surface area contributed by atoms with Gasteiger partial charge in [-0.15, -0.1) is 0 Å². The Bertz CT molecular complexity index is 1500. The van der Waals surface area contributed by atoms with E-state index in [1.54, 1.807) is 41.3 Å². The number of carbonyl (C=O) groups is 1. The summed E-state index contributed by atoms with van der Waals surface area (Å²) in [4.78, 5) is 22.7. The standard InChI is InChI=1S/C27H27N3O5S2/c1-37(32,33)23-10-11-24-25(19-23)36-27(28-24)30(13-12-29-14-16-34-17-15-29)26(31)20-6-5-9-22(18-20)35-21-7-3-2-4-8-21/h2-11,18-19H,12-17H2,1H3. The number of nitrogens with zero attached hydrogens (tertiary/aromatic N) is 3. The molecule has 2 heterocycles. The van der Waals surface area contributed by atoms with Gasteiger partial charge in [-0.2, -0.15) is 0 Å². The number of fused-ring (bicyclic) bond motifs is 1. The second-order valence-electron chi connectivity index (χ2n) is 8.75. The maximum Gasteiger partial charge on any atom is 0.260 e. The quantitative estimate of drug-likeness (QED) is 0.328. The Labute approximate surface area is 220 Å². The van der Waals surface area contributed by atoms with Crippen LogP contribution in [0.2, 0.25) is 0 Å². The molecule has 37 heavy (non-hydrogen) atoms. The van der Waals surface area contributed by atoms with E-state index in [1.807, 2.05) is 36.4 Å². The van der Waals surface area contributed by atoms with E-state index in [1.165, 1.54) is 17.6 Å². The summed E-state index contributed by atoms with van der Waals surface area (Å²) in [5, 5.41) is 0.522. The topological polar surface area (TPSA) is 89.0 Å². The largest absolute Gasteiger partial charge is 0.457 e. The van der Waals surface area contributed by atoms with Gasteiger partial charge in [-0.1, -0.05) is 35.6 Å². The summed E-state index contributed by atoms with van der Waals surface area (Å²) < 4.78 is 36.2. The van der Waals surface area contributed by atoms with Crippen LogP contribution in [0.1, 0.15) is 10.4 Å². The van der Waals surface area contributed by atoms with Crippen LogP contribution < -0.4 is 9.64 Å². The predicted octanol–water partition coefficient (Wildman–Crippen LogP) is 4.47. The van der Waals surface area contributed by atoms with E-state index in [9.17, 15) is 13.2 Å². The molecule has 0 saturated carbocycles. The molecule has 0 atom stereocenters. The number of morpholine rings is 1. The number of anilines is 1. The van der Waals surface area contributed by atoms with Crippen LogP contribution in [0, 0.1) is 0 Å². The van der Waals surface area contributed by atoms with Gasteiger partial charge in [0.05, 0.1) is 28.3 Å². The fraction of sp³-hybridized carbons (Fsp3) is 0.259. The van der Waals surface area contributed by atoms with Crippen LogP contribution in [-0.4, -0.2) is 69.9 Å². The number of thiazole rings is 1. The van der Waals surface area contributed by atoms with Crippen LogP contribution in [-0.2, 0) is 14.6 Å². The number of benzene rings is 3. The molecule has 0 N–H and O–H groups in total. The number of aromatic nitrogens is 1. The lowest BCUT2D eigenvalue weighted by molar-refractivity contribution is 0.0391. The molecule has 0 unspecified atom stereocenters. The number of sulfone groups is 1. The van der Waals surface area contributed by atoms with E-state index in [0.29, 0.717) is 58.7 Å². The van der Waals surface area contributed by atoms with E-state index >= 15 is 0 Å². The van der Waals surface area contributed by atoms with Gasteiger partial charge in [0.15, 0.2) is 15.0 Å². The lowest BCUT2D eigenvalue weighted by atomic mass is 10.2. The first-order valence-corrected chi connectivity index (χ1v) is 14.6. The molecule has 0 aliphatic carbocycles. The minimum atomic E-state index is -3.35. The molecule has 0 radical (unpaired) electrons. The molecule has 192 valence electrons. The summed E-state index contributed by atoms with van der Waals surface area (Å²) in [6.07, 6.45) is 1.18. The highest BCUT2D eigenvalue weighted by atomic mass is 32.2. The van der Waals surface area contributed by atoms with Gasteiger partial charge >= 0.3 is 0 Å². The first kappa shape index (κ1) is 25.3. The Balaban J connectivity index is 1.45. The number of amides is 1. The summed E-state index contributed by atoms with van der Waals surface area (Å²) in [6.45, 7) is 4.05. The van der Waals surface area contributed by atoms with Gasteiger partial charge in [-0.3, -0.25) is 14.6 Å². The van der Waals surface area contributed by atoms with Crippen molar-refractivity contribution in [3.8, 4) is 11.5 Å². The highest BCUT2D eigenvalue weighted by Crippen LogP contribution is 2.32. The number of hydrogen-bond acceptors (Lipinski definition) is 8. The highest BCUT2D eigenvalue weighted by Gasteiger charge is 2.24. The second-order valence-corrected chi connectivity index (χ2v) is 11.8. The third-order valence-corrected chi connectivity index (χ3v) is 8.21. The fourth-order valence-electron chi connectivity index (χ4n) is 4.06. The molecule has 1 aliphatic rings. The number of carbonyl (C=O) groups excluding carboxylic acids is 1. The van der Waals surface area contributed by atoms with E-state index in [0.717, 1.165) is 13.1 Å². The van der Waals surface area contributed by atoms with Crippen LogP contribution in [0.5, 0.6) is 11.5 Å². The van der Waals surface area contributed by atoms with Gasteiger partial charge in [-0.25, -0.2) is 13.4 Å². The third kappa shape index (κ3) is 6.16. The number of hydrogen-bond donors (Lipinski definition) is 0. The average molecular weight is 538 g/mol. The van der Waals surface area contributed by atoms with Crippen molar-refractivity contribution in [2.75, 3.05) is 50.5 Å². The van der Waals surface area contributed by atoms with Crippen molar-refractivity contribution in [1.82, 2.24) is 9.88 Å². The van der Waals surface area contributed by atoms with Gasteiger partial charge < -0.3 is 9.47 Å².